The molecule has 0 aromatic carbocycles. The van der Waals surface area contributed by atoms with Crippen molar-refractivity contribution < 1.29 is 4.79 Å². The molecular weight excluding hydrogens is 190 g/mol. The lowest BCUT2D eigenvalue weighted by Crippen LogP contribution is -2.29. The summed E-state index contributed by atoms with van der Waals surface area (Å²) in [7, 11) is 0. The Hall–Kier alpha value is -1.32. The molecule has 2 rings (SSSR count). The van der Waals surface area contributed by atoms with E-state index in [2.05, 4.69) is 22.4 Å². The molecule has 15 heavy (non-hydrogen) atoms. The summed E-state index contributed by atoms with van der Waals surface area (Å²) in [5, 5.41) is 9.54. The van der Waals surface area contributed by atoms with E-state index in [0.29, 0.717) is 11.5 Å². The summed E-state index contributed by atoms with van der Waals surface area (Å²) in [5.74, 6) is 1.41. The van der Waals surface area contributed by atoms with Gasteiger partial charge in [-0.15, -0.1) is 0 Å². The Bertz CT molecular complexity index is 354. The van der Waals surface area contributed by atoms with E-state index >= 15 is 0 Å². The molecule has 1 saturated carbocycles. The summed E-state index contributed by atoms with van der Waals surface area (Å²) in [4.78, 5) is 11.7. The zero-order valence-electron chi connectivity index (χ0n) is 9.21. The van der Waals surface area contributed by atoms with E-state index in [1.807, 2.05) is 6.92 Å². The van der Waals surface area contributed by atoms with E-state index in [-0.39, 0.29) is 5.91 Å². The molecule has 1 unspecified atom stereocenters. The number of aryl methyl sites for hydroxylation is 1. The first-order valence-electron chi connectivity index (χ1n) is 5.46. The monoisotopic (exact) mass is 207 g/mol. The lowest BCUT2D eigenvalue weighted by molar-refractivity contribution is 0.0946. The molecule has 1 aliphatic carbocycles. The fourth-order valence-corrected chi connectivity index (χ4v) is 1.76. The fraction of sp³-hybridized carbons (Fsp3) is 0.636. The van der Waals surface area contributed by atoms with Crippen LogP contribution in [0.3, 0.4) is 0 Å². The quantitative estimate of drug-likeness (QED) is 0.786. The number of rotatable bonds is 4. The van der Waals surface area contributed by atoms with Gasteiger partial charge in [0.25, 0.3) is 5.91 Å². The number of carbonyl (C=O) groups excluding carboxylic acids is 1. The van der Waals surface area contributed by atoms with Crippen LogP contribution in [0.1, 0.15) is 35.8 Å². The molecule has 1 aliphatic rings. The van der Waals surface area contributed by atoms with Gasteiger partial charge in [-0.2, -0.15) is 5.10 Å². The number of hydrogen-bond donors (Lipinski definition) is 2. The van der Waals surface area contributed by atoms with Gasteiger partial charge >= 0.3 is 0 Å². The number of hydrogen-bond acceptors (Lipinski definition) is 2. The molecule has 1 heterocycles. The Morgan fingerprint density at radius 1 is 1.73 bits per heavy atom. The van der Waals surface area contributed by atoms with E-state index < -0.39 is 0 Å². The molecule has 0 spiro atoms. The molecule has 1 fully saturated rings. The zero-order valence-corrected chi connectivity index (χ0v) is 9.21. The Kier molecular flexibility index (Phi) is 2.75. The number of nitrogens with zero attached hydrogens (tertiary/aromatic N) is 1. The fourth-order valence-electron chi connectivity index (χ4n) is 1.76. The predicted molar refractivity (Wildman–Crippen MR) is 57.5 cm³/mol. The second-order valence-corrected chi connectivity index (χ2v) is 4.43. The van der Waals surface area contributed by atoms with Crippen LogP contribution in [-0.2, 0) is 0 Å². The van der Waals surface area contributed by atoms with Gasteiger partial charge in [0.15, 0.2) is 0 Å². The molecule has 4 nitrogen and oxygen atoms in total. The predicted octanol–water partition coefficient (Wildman–Crippen LogP) is 1.49. The van der Waals surface area contributed by atoms with Crippen LogP contribution in [0.4, 0.5) is 0 Å². The Morgan fingerprint density at radius 3 is 3.00 bits per heavy atom. The molecule has 82 valence electrons. The van der Waals surface area contributed by atoms with Gasteiger partial charge in [0, 0.05) is 12.2 Å². The third kappa shape index (κ3) is 2.37. The second-order valence-electron chi connectivity index (χ2n) is 4.43. The molecule has 4 heteroatoms. The van der Waals surface area contributed by atoms with Gasteiger partial charge in [-0.1, -0.05) is 6.92 Å². The number of aromatic nitrogens is 2. The maximum Gasteiger partial charge on any atom is 0.254 e. The number of aromatic amines is 1. The van der Waals surface area contributed by atoms with Crippen molar-refractivity contribution in [2.45, 2.75) is 26.7 Å². The van der Waals surface area contributed by atoms with Crippen molar-refractivity contribution in [2.75, 3.05) is 6.54 Å². The van der Waals surface area contributed by atoms with Crippen molar-refractivity contribution in [3.63, 3.8) is 0 Å². The minimum atomic E-state index is -0.0197. The number of carbonyl (C=O) groups is 1. The van der Waals surface area contributed by atoms with Gasteiger partial charge in [-0.25, -0.2) is 0 Å². The van der Waals surface area contributed by atoms with Crippen LogP contribution in [-0.4, -0.2) is 22.6 Å². The number of H-pyrrole nitrogens is 1. The summed E-state index contributed by atoms with van der Waals surface area (Å²) >= 11 is 0. The third-order valence-electron chi connectivity index (χ3n) is 3.09. The molecule has 2 N–H and O–H groups in total. The summed E-state index contributed by atoms with van der Waals surface area (Å²) in [6, 6.07) is 0. The summed E-state index contributed by atoms with van der Waals surface area (Å²) < 4.78 is 0. The molecular formula is C11H17N3O. The largest absolute Gasteiger partial charge is 0.352 e. The van der Waals surface area contributed by atoms with E-state index in [1.165, 1.54) is 12.8 Å². The molecule has 1 aromatic rings. The molecule has 1 amide bonds. The highest BCUT2D eigenvalue weighted by Crippen LogP contribution is 2.36. The highest BCUT2D eigenvalue weighted by molar-refractivity contribution is 5.94. The Morgan fingerprint density at radius 2 is 2.47 bits per heavy atom. The lowest BCUT2D eigenvalue weighted by Gasteiger charge is -2.10. The van der Waals surface area contributed by atoms with E-state index in [0.717, 1.165) is 18.2 Å². The SMILES string of the molecule is Cc1[nH]ncc1C(=O)NCC(C)C1CC1. The summed E-state index contributed by atoms with van der Waals surface area (Å²) in [5.41, 5.74) is 1.48. The Balaban J connectivity index is 1.84. The standard InChI is InChI=1S/C11H17N3O/c1-7(9-3-4-9)5-12-11(15)10-6-13-14-8(10)2/h6-7,9H,3-5H2,1-2H3,(H,12,15)(H,13,14). The summed E-state index contributed by atoms with van der Waals surface area (Å²) in [6.45, 7) is 4.82. The average molecular weight is 207 g/mol. The summed E-state index contributed by atoms with van der Waals surface area (Å²) in [6.07, 6.45) is 4.22. The molecule has 0 radical (unpaired) electrons. The molecule has 1 atom stereocenters. The van der Waals surface area contributed by atoms with Crippen molar-refractivity contribution >= 4 is 5.91 Å². The molecule has 1 aromatic heterocycles. The topological polar surface area (TPSA) is 57.8 Å². The van der Waals surface area contributed by atoms with Gasteiger partial charge < -0.3 is 5.32 Å². The van der Waals surface area contributed by atoms with Crippen molar-refractivity contribution in [3.05, 3.63) is 17.5 Å². The molecule has 0 aliphatic heterocycles. The normalized spacial score (nSPS) is 17.5. The molecule has 0 bridgehead atoms. The van der Waals surface area contributed by atoms with Crippen LogP contribution in [0.2, 0.25) is 0 Å². The maximum absolute atomic E-state index is 11.7. The van der Waals surface area contributed by atoms with Gasteiger partial charge in [0.1, 0.15) is 0 Å². The lowest BCUT2D eigenvalue weighted by atomic mass is 10.1. The first-order valence-corrected chi connectivity index (χ1v) is 5.46. The third-order valence-corrected chi connectivity index (χ3v) is 3.09. The van der Waals surface area contributed by atoms with Crippen LogP contribution in [0, 0.1) is 18.8 Å². The van der Waals surface area contributed by atoms with Gasteiger partial charge in [-0.3, -0.25) is 9.89 Å². The van der Waals surface area contributed by atoms with Crippen molar-refractivity contribution in [2.24, 2.45) is 11.8 Å². The van der Waals surface area contributed by atoms with E-state index in [4.69, 9.17) is 0 Å². The first-order chi connectivity index (χ1) is 7.18. The average Bonchev–Trinajstić information content (AvgIpc) is 2.98. The van der Waals surface area contributed by atoms with Crippen LogP contribution < -0.4 is 5.32 Å². The zero-order chi connectivity index (χ0) is 10.8. The van der Waals surface area contributed by atoms with E-state index in [9.17, 15) is 4.79 Å². The molecule has 0 saturated heterocycles. The number of amides is 1. The van der Waals surface area contributed by atoms with Gasteiger partial charge in [0.05, 0.1) is 11.8 Å². The van der Waals surface area contributed by atoms with Crippen LogP contribution in [0.15, 0.2) is 6.20 Å². The van der Waals surface area contributed by atoms with Crippen LogP contribution in [0.25, 0.3) is 0 Å². The minimum absolute atomic E-state index is 0.0197. The van der Waals surface area contributed by atoms with Gasteiger partial charge in [-0.05, 0) is 31.6 Å². The second kappa shape index (κ2) is 4.04. The van der Waals surface area contributed by atoms with Crippen LogP contribution in [0.5, 0.6) is 0 Å². The van der Waals surface area contributed by atoms with Gasteiger partial charge in [0.2, 0.25) is 0 Å². The number of nitrogens with one attached hydrogen (secondary N) is 2. The first kappa shape index (κ1) is 10.2. The van der Waals surface area contributed by atoms with Crippen molar-refractivity contribution in [1.82, 2.24) is 15.5 Å². The van der Waals surface area contributed by atoms with Crippen molar-refractivity contribution in [1.29, 1.82) is 0 Å². The van der Waals surface area contributed by atoms with E-state index in [1.54, 1.807) is 6.20 Å². The maximum atomic E-state index is 11.7. The van der Waals surface area contributed by atoms with Crippen LogP contribution >= 0.6 is 0 Å². The highest BCUT2D eigenvalue weighted by atomic mass is 16.1. The highest BCUT2D eigenvalue weighted by Gasteiger charge is 2.28. The minimum Gasteiger partial charge on any atom is -0.352 e. The van der Waals surface area contributed by atoms with Crippen molar-refractivity contribution in [3.8, 4) is 0 Å². The Labute approximate surface area is 89.5 Å². The smallest absolute Gasteiger partial charge is 0.254 e.